The molecule has 1 fully saturated rings. The van der Waals surface area contributed by atoms with E-state index in [4.69, 9.17) is 16.3 Å². The molecule has 1 N–H and O–H groups in total. The Morgan fingerprint density at radius 1 is 0.824 bits per heavy atom. The lowest BCUT2D eigenvalue weighted by molar-refractivity contribution is -0.0266. The van der Waals surface area contributed by atoms with Gasteiger partial charge in [0.15, 0.2) is 0 Å². The summed E-state index contributed by atoms with van der Waals surface area (Å²) in [6.45, 7) is 3.17. The third-order valence-corrected chi connectivity index (χ3v) is 6.82. The topological polar surface area (TPSA) is 32.7 Å². The second kappa shape index (κ2) is 11.4. The molecule has 0 amide bonds. The smallest absolute Gasteiger partial charge is 0.123 e. The van der Waals surface area contributed by atoms with Gasteiger partial charge in [-0.3, -0.25) is 0 Å². The van der Waals surface area contributed by atoms with E-state index in [1.807, 2.05) is 24.3 Å². The molecule has 1 saturated heterocycles. The van der Waals surface area contributed by atoms with Gasteiger partial charge in [-0.1, -0.05) is 48.0 Å². The second-order valence-electron chi connectivity index (χ2n) is 8.94. The molecular weight excluding hydrogens is 456 g/mol. The van der Waals surface area contributed by atoms with Gasteiger partial charge in [0.25, 0.3) is 0 Å². The van der Waals surface area contributed by atoms with Crippen molar-refractivity contribution in [1.82, 2.24) is 4.90 Å². The minimum absolute atomic E-state index is 0.300. The summed E-state index contributed by atoms with van der Waals surface area (Å²) in [5.41, 5.74) is 1.82. The fraction of sp³-hybridized carbons (Fsp3) is 0.357. The summed E-state index contributed by atoms with van der Waals surface area (Å²) in [5.74, 6) is -0.600. The Labute approximate surface area is 204 Å². The first-order valence-electron chi connectivity index (χ1n) is 11.8. The predicted molar refractivity (Wildman–Crippen MR) is 131 cm³/mol. The summed E-state index contributed by atoms with van der Waals surface area (Å²) in [5, 5.41) is 11.7. The van der Waals surface area contributed by atoms with Crippen LogP contribution in [0, 0.1) is 11.6 Å². The van der Waals surface area contributed by atoms with E-state index in [2.05, 4.69) is 4.90 Å². The third kappa shape index (κ3) is 6.42. The molecule has 0 aliphatic carbocycles. The first-order valence-corrected chi connectivity index (χ1v) is 12.1. The number of aliphatic hydroxyl groups is 1. The van der Waals surface area contributed by atoms with Crippen molar-refractivity contribution in [3.05, 3.63) is 106 Å². The molecule has 3 nitrogen and oxygen atoms in total. The van der Waals surface area contributed by atoms with E-state index in [0.717, 1.165) is 49.2 Å². The van der Waals surface area contributed by atoms with Gasteiger partial charge in [-0.05, 0) is 85.3 Å². The number of hydrogen-bond donors (Lipinski definition) is 1. The zero-order valence-corrected chi connectivity index (χ0v) is 19.9. The Morgan fingerprint density at radius 3 is 1.88 bits per heavy atom. The Hall–Kier alpha value is -2.31. The van der Waals surface area contributed by atoms with Crippen molar-refractivity contribution in [2.45, 2.75) is 37.4 Å². The molecule has 0 spiro atoms. The molecule has 0 aromatic heterocycles. The highest BCUT2D eigenvalue weighted by molar-refractivity contribution is 6.30. The monoisotopic (exact) mass is 485 g/mol. The minimum Gasteiger partial charge on any atom is -0.385 e. The van der Waals surface area contributed by atoms with Crippen LogP contribution >= 0.6 is 11.6 Å². The molecule has 1 aliphatic rings. The summed E-state index contributed by atoms with van der Waals surface area (Å²) < 4.78 is 32.9. The van der Waals surface area contributed by atoms with Gasteiger partial charge in [0.05, 0.1) is 5.60 Å². The molecule has 0 bridgehead atoms. The van der Waals surface area contributed by atoms with Crippen molar-refractivity contribution in [2.24, 2.45) is 0 Å². The van der Waals surface area contributed by atoms with Gasteiger partial charge >= 0.3 is 0 Å². The molecule has 4 rings (SSSR count). The summed E-state index contributed by atoms with van der Waals surface area (Å²) in [4.78, 5) is 2.38. The van der Waals surface area contributed by atoms with Crippen LogP contribution < -0.4 is 0 Å². The predicted octanol–water partition coefficient (Wildman–Crippen LogP) is 6.49. The molecular formula is C28H30ClF2NO2. The molecule has 3 aromatic carbocycles. The lowest BCUT2D eigenvalue weighted by atomic mass is 9.84. The SMILES string of the molecule is OC1(c2ccc(Cl)cc2)CCN(CCCCOC(c2ccc(F)cc2)c2ccc(F)cc2)CC1. The van der Waals surface area contributed by atoms with Crippen molar-refractivity contribution in [2.75, 3.05) is 26.2 Å². The highest BCUT2D eigenvalue weighted by atomic mass is 35.5. The fourth-order valence-corrected chi connectivity index (χ4v) is 4.62. The van der Waals surface area contributed by atoms with E-state index in [1.165, 1.54) is 24.3 Å². The van der Waals surface area contributed by atoms with Gasteiger partial charge in [-0.2, -0.15) is 0 Å². The average Bonchev–Trinajstić information content (AvgIpc) is 2.84. The van der Waals surface area contributed by atoms with Crippen molar-refractivity contribution in [3.63, 3.8) is 0 Å². The van der Waals surface area contributed by atoms with Gasteiger partial charge < -0.3 is 14.7 Å². The molecule has 6 heteroatoms. The number of rotatable bonds is 9. The average molecular weight is 486 g/mol. The molecule has 0 atom stereocenters. The highest BCUT2D eigenvalue weighted by Gasteiger charge is 2.33. The van der Waals surface area contributed by atoms with Crippen LogP contribution in [-0.2, 0) is 10.3 Å². The van der Waals surface area contributed by atoms with E-state index in [1.54, 1.807) is 24.3 Å². The van der Waals surface area contributed by atoms with Crippen LogP contribution in [0.3, 0.4) is 0 Å². The maximum absolute atomic E-state index is 13.4. The summed E-state index contributed by atoms with van der Waals surface area (Å²) in [7, 11) is 0. The van der Waals surface area contributed by atoms with Crippen LogP contribution in [0.5, 0.6) is 0 Å². The van der Waals surface area contributed by atoms with Gasteiger partial charge in [-0.25, -0.2) is 8.78 Å². The summed E-state index contributed by atoms with van der Waals surface area (Å²) >= 11 is 5.97. The molecule has 180 valence electrons. The standard InChI is InChI=1S/C28H30ClF2NO2/c29-24-9-7-23(8-10-24)28(33)15-18-32(19-16-28)17-1-2-20-34-27(21-3-11-25(30)12-4-21)22-5-13-26(31)14-6-22/h3-14,27,33H,1-2,15-20H2. The molecule has 0 unspecified atom stereocenters. The first-order chi connectivity index (χ1) is 16.4. The number of likely N-dealkylation sites (tertiary alicyclic amines) is 1. The number of nitrogens with zero attached hydrogens (tertiary/aromatic N) is 1. The summed E-state index contributed by atoms with van der Waals surface area (Å²) in [6, 6.07) is 20.0. The fourth-order valence-electron chi connectivity index (χ4n) is 4.49. The number of benzene rings is 3. The molecule has 0 saturated carbocycles. The zero-order chi connectivity index (χ0) is 24.0. The van der Waals surface area contributed by atoms with Crippen molar-refractivity contribution in [3.8, 4) is 0 Å². The van der Waals surface area contributed by atoms with E-state index in [9.17, 15) is 13.9 Å². The van der Waals surface area contributed by atoms with E-state index in [0.29, 0.717) is 24.5 Å². The van der Waals surface area contributed by atoms with E-state index >= 15 is 0 Å². The van der Waals surface area contributed by atoms with Crippen molar-refractivity contribution >= 4 is 11.6 Å². The maximum Gasteiger partial charge on any atom is 0.123 e. The lowest BCUT2D eigenvalue weighted by Gasteiger charge is -2.38. The van der Waals surface area contributed by atoms with Crippen LogP contribution in [0.15, 0.2) is 72.8 Å². The van der Waals surface area contributed by atoms with Gasteiger partial charge in [-0.15, -0.1) is 0 Å². The summed E-state index contributed by atoms with van der Waals surface area (Å²) in [6.07, 6.45) is 2.87. The van der Waals surface area contributed by atoms with Crippen LogP contribution in [0.1, 0.15) is 48.5 Å². The number of hydrogen-bond acceptors (Lipinski definition) is 3. The molecule has 1 aliphatic heterocycles. The Balaban J connectivity index is 1.24. The highest BCUT2D eigenvalue weighted by Crippen LogP contribution is 2.33. The first kappa shape index (κ1) is 24.8. The quantitative estimate of drug-likeness (QED) is 0.352. The van der Waals surface area contributed by atoms with Gasteiger partial charge in [0, 0.05) is 24.7 Å². The van der Waals surface area contributed by atoms with Crippen LogP contribution in [0.4, 0.5) is 8.78 Å². The van der Waals surface area contributed by atoms with E-state index < -0.39 is 5.60 Å². The van der Waals surface area contributed by atoms with Gasteiger partial charge in [0.1, 0.15) is 17.7 Å². The van der Waals surface area contributed by atoms with E-state index in [-0.39, 0.29) is 17.7 Å². The van der Waals surface area contributed by atoms with Crippen molar-refractivity contribution < 1.29 is 18.6 Å². The molecule has 1 heterocycles. The number of halogens is 3. The lowest BCUT2D eigenvalue weighted by Crippen LogP contribution is -2.42. The molecule has 0 radical (unpaired) electrons. The number of unbranched alkanes of at least 4 members (excludes halogenated alkanes) is 1. The van der Waals surface area contributed by atoms with Crippen LogP contribution in [0.25, 0.3) is 0 Å². The van der Waals surface area contributed by atoms with Crippen molar-refractivity contribution in [1.29, 1.82) is 0 Å². The largest absolute Gasteiger partial charge is 0.385 e. The number of piperidine rings is 1. The molecule has 3 aromatic rings. The Morgan fingerprint density at radius 2 is 1.35 bits per heavy atom. The van der Waals surface area contributed by atoms with Crippen LogP contribution in [0.2, 0.25) is 5.02 Å². The third-order valence-electron chi connectivity index (χ3n) is 6.56. The van der Waals surface area contributed by atoms with Gasteiger partial charge in [0.2, 0.25) is 0 Å². The van der Waals surface area contributed by atoms with Crippen LogP contribution in [-0.4, -0.2) is 36.2 Å². The maximum atomic E-state index is 13.4. The Kier molecular flexibility index (Phi) is 8.32. The number of ether oxygens (including phenoxy) is 1. The Bertz CT molecular complexity index is 988. The zero-order valence-electron chi connectivity index (χ0n) is 19.1. The minimum atomic E-state index is -0.790. The normalized spacial score (nSPS) is 16.1. The molecule has 34 heavy (non-hydrogen) atoms. The second-order valence-corrected chi connectivity index (χ2v) is 9.38.